The Labute approximate surface area is 119 Å². The molecule has 1 N–H and O–H groups in total. The van der Waals surface area contributed by atoms with E-state index < -0.39 is 0 Å². The van der Waals surface area contributed by atoms with Crippen LogP contribution in [0.5, 0.6) is 5.75 Å². The molecule has 0 bridgehead atoms. The Morgan fingerprint density at radius 1 is 1.15 bits per heavy atom. The predicted octanol–water partition coefficient (Wildman–Crippen LogP) is 3.96. The lowest BCUT2D eigenvalue weighted by Gasteiger charge is -2.09. The Balaban J connectivity index is 1.98. The van der Waals surface area contributed by atoms with Crippen LogP contribution in [0, 0.1) is 11.3 Å². The summed E-state index contributed by atoms with van der Waals surface area (Å²) in [6.07, 6.45) is 1.00. The van der Waals surface area contributed by atoms with Gasteiger partial charge < -0.3 is 10.1 Å². The summed E-state index contributed by atoms with van der Waals surface area (Å²) in [6.45, 7) is 3.53. The van der Waals surface area contributed by atoms with Crippen molar-refractivity contribution in [3.63, 3.8) is 0 Å². The van der Waals surface area contributed by atoms with Gasteiger partial charge in [-0.15, -0.1) is 0 Å². The lowest BCUT2D eigenvalue weighted by Crippen LogP contribution is -2.01. The molecule has 0 heterocycles. The van der Waals surface area contributed by atoms with E-state index in [2.05, 4.69) is 24.4 Å². The van der Waals surface area contributed by atoms with Crippen molar-refractivity contribution in [3.8, 4) is 11.8 Å². The monoisotopic (exact) mass is 266 g/mol. The topological polar surface area (TPSA) is 45.0 Å². The summed E-state index contributed by atoms with van der Waals surface area (Å²) >= 11 is 0. The molecule has 20 heavy (non-hydrogen) atoms. The smallest absolute Gasteiger partial charge is 0.119 e. The fourth-order valence-corrected chi connectivity index (χ4v) is 1.87. The molecule has 0 spiro atoms. The molecule has 0 saturated carbocycles. The van der Waals surface area contributed by atoms with Gasteiger partial charge in [0, 0.05) is 12.2 Å². The maximum absolute atomic E-state index is 8.87. The van der Waals surface area contributed by atoms with Gasteiger partial charge in [0.1, 0.15) is 5.75 Å². The zero-order chi connectivity index (χ0) is 14.2. The Morgan fingerprint density at radius 3 is 2.80 bits per heavy atom. The number of ether oxygens (including phenoxy) is 1. The van der Waals surface area contributed by atoms with Crippen molar-refractivity contribution in [2.75, 3.05) is 11.9 Å². The molecule has 0 aliphatic rings. The van der Waals surface area contributed by atoms with Gasteiger partial charge >= 0.3 is 0 Å². The highest BCUT2D eigenvalue weighted by Gasteiger charge is 1.98. The van der Waals surface area contributed by atoms with E-state index in [0.29, 0.717) is 12.1 Å². The largest absolute Gasteiger partial charge is 0.494 e. The van der Waals surface area contributed by atoms with E-state index in [0.717, 1.165) is 30.0 Å². The highest BCUT2D eigenvalue weighted by atomic mass is 16.5. The molecule has 2 rings (SSSR count). The van der Waals surface area contributed by atoms with Gasteiger partial charge in [0.05, 0.1) is 18.2 Å². The van der Waals surface area contributed by atoms with Crippen molar-refractivity contribution >= 4 is 5.69 Å². The summed E-state index contributed by atoms with van der Waals surface area (Å²) in [6, 6.07) is 17.7. The first-order valence-corrected chi connectivity index (χ1v) is 6.77. The van der Waals surface area contributed by atoms with Crippen LogP contribution >= 0.6 is 0 Å². The van der Waals surface area contributed by atoms with Gasteiger partial charge in [0.25, 0.3) is 0 Å². The second-order valence-electron chi connectivity index (χ2n) is 4.54. The molecular weight excluding hydrogens is 248 g/mol. The van der Waals surface area contributed by atoms with Gasteiger partial charge in [-0.1, -0.05) is 25.1 Å². The fourth-order valence-electron chi connectivity index (χ4n) is 1.87. The van der Waals surface area contributed by atoms with Crippen LogP contribution in [-0.2, 0) is 6.54 Å². The molecular formula is C17H18N2O. The highest BCUT2D eigenvalue weighted by Crippen LogP contribution is 2.16. The van der Waals surface area contributed by atoms with Crippen LogP contribution < -0.4 is 10.1 Å². The van der Waals surface area contributed by atoms with Gasteiger partial charge in [-0.3, -0.25) is 0 Å². The van der Waals surface area contributed by atoms with Gasteiger partial charge in [-0.25, -0.2) is 0 Å². The Kier molecular flexibility index (Phi) is 5.02. The lowest BCUT2D eigenvalue weighted by atomic mass is 10.2. The molecule has 0 radical (unpaired) electrons. The molecule has 102 valence electrons. The number of nitrogens with zero attached hydrogens (tertiary/aromatic N) is 1. The van der Waals surface area contributed by atoms with Crippen LogP contribution in [0.15, 0.2) is 48.5 Å². The summed E-state index contributed by atoms with van der Waals surface area (Å²) in [7, 11) is 0. The Bertz CT molecular complexity index is 602. The molecule has 0 saturated heterocycles. The number of nitrogens with one attached hydrogen (secondary N) is 1. The Hall–Kier alpha value is -2.47. The lowest BCUT2D eigenvalue weighted by molar-refractivity contribution is 0.317. The molecule has 0 aliphatic heterocycles. The third-order valence-electron chi connectivity index (χ3n) is 2.86. The minimum atomic E-state index is 0.662. The molecule has 0 amide bonds. The average molecular weight is 266 g/mol. The summed E-state index contributed by atoms with van der Waals surface area (Å²) in [4.78, 5) is 0. The molecule has 0 aliphatic carbocycles. The zero-order valence-electron chi connectivity index (χ0n) is 11.6. The van der Waals surface area contributed by atoms with Crippen molar-refractivity contribution < 1.29 is 4.74 Å². The van der Waals surface area contributed by atoms with Crippen LogP contribution in [0.3, 0.4) is 0 Å². The van der Waals surface area contributed by atoms with Crippen LogP contribution in [0.2, 0.25) is 0 Å². The minimum absolute atomic E-state index is 0.662. The van der Waals surface area contributed by atoms with E-state index in [4.69, 9.17) is 10.00 Å². The van der Waals surface area contributed by atoms with Crippen LogP contribution in [0.1, 0.15) is 24.5 Å². The second-order valence-corrected chi connectivity index (χ2v) is 4.54. The number of hydrogen-bond acceptors (Lipinski definition) is 3. The molecule has 0 atom stereocenters. The second kappa shape index (κ2) is 7.20. The van der Waals surface area contributed by atoms with E-state index in [-0.39, 0.29) is 0 Å². The van der Waals surface area contributed by atoms with E-state index in [9.17, 15) is 0 Å². The number of hydrogen-bond donors (Lipinski definition) is 1. The summed E-state index contributed by atoms with van der Waals surface area (Å²) < 4.78 is 5.61. The quantitative estimate of drug-likeness (QED) is 0.860. The van der Waals surface area contributed by atoms with Gasteiger partial charge in [0.2, 0.25) is 0 Å². The predicted molar refractivity (Wildman–Crippen MR) is 80.7 cm³/mol. The van der Waals surface area contributed by atoms with Gasteiger partial charge in [0.15, 0.2) is 0 Å². The first-order valence-electron chi connectivity index (χ1n) is 6.77. The number of benzene rings is 2. The first kappa shape index (κ1) is 14.0. The van der Waals surface area contributed by atoms with Crippen molar-refractivity contribution in [3.05, 3.63) is 59.7 Å². The summed E-state index contributed by atoms with van der Waals surface area (Å²) in [5.41, 5.74) is 2.76. The molecule has 0 unspecified atom stereocenters. The summed E-state index contributed by atoms with van der Waals surface area (Å²) in [5, 5.41) is 12.2. The van der Waals surface area contributed by atoms with Crippen molar-refractivity contribution in [1.82, 2.24) is 0 Å². The normalized spacial score (nSPS) is 9.80. The van der Waals surface area contributed by atoms with E-state index in [1.165, 1.54) is 0 Å². The van der Waals surface area contributed by atoms with E-state index in [1.807, 2.05) is 36.4 Å². The van der Waals surface area contributed by atoms with Crippen LogP contribution in [0.4, 0.5) is 5.69 Å². The molecule has 0 aromatic heterocycles. The molecule has 3 heteroatoms. The van der Waals surface area contributed by atoms with Gasteiger partial charge in [-0.05, 0) is 42.3 Å². The molecule has 0 fully saturated rings. The highest BCUT2D eigenvalue weighted by molar-refractivity contribution is 5.49. The maximum atomic E-state index is 8.87. The third-order valence-corrected chi connectivity index (χ3v) is 2.86. The van der Waals surface area contributed by atoms with Crippen molar-refractivity contribution in [2.45, 2.75) is 19.9 Å². The van der Waals surface area contributed by atoms with E-state index >= 15 is 0 Å². The SMILES string of the molecule is CCCOc1cccc(CNc2cccc(C#N)c2)c1. The summed E-state index contributed by atoms with van der Waals surface area (Å²) in [5.74, 6) is 0.900. The molecule has 2 aromatic rings. The van der Waals surface area contributed by atoms with Crippen molar-refractivity contribution in [2.24, 2.45) is 0 Å². The van der Waals surface area contributed by atoms with Crippen molar-refractivity contribution in [1.29, 1.82) is 5.26 Å². The Morgan fingerprint density at radius 2 is 2.00 bits per heavy atom. The van der Waals surface area contributed by atoms with Gasteiger partial charge in [-0.2, -0.15) is 5.26 Å². The number of nitriles is 1. The standard InChI is InChI=1S/C17H18N2O/c1-2-9-20-17-8-4-6-15(11-17)13-19-16-7-3-5-14(10-16)12-18/h3-8,10-11,19H,2,9,13H2,1H3. The first-order chi connectivity index (χ1) is 9.81. The third kappa shape index (κ3) is 4.03. The average Bonchev–Trinajstić information content (AvgIpc) is 2.51. The number of rotatable bonds is 6. The van der Waals surface area contributed by atoms with Crippen LogP contribution in [0.25, 0.3) is 0 Å². The maximum Gasteiger partial charge on any atom is 0.119 e. The zero-order valence-corrected chi connectivity index (χ0v) is 11.6. The van der Waals surface area contributed by atoms with Crippen LogP contribution in [-0.4, -0.2) is 6.61 Å². The number of anilines is 1. The molecule has 3 nitrogen and oxygen atoms in total. The van der Waals surface area contributed by atoms with E-state index in [1.54, 1.807) is 6.07 Å². The fraction of sp³-hybridized carbons (Fsp3) is 0.235. The minimum Gasteiger partial charge on any atom is -0.494 e. The molecule has 2 aromatic carbocycles.